The quantitative estimate of drug-likeness (QED) is 0.756. The van der Waals surface area contributed by atoms with Crippen LogP contribution in [0.15, 0.2) is 36.5 Å². The minimum atomic E-state index is -0.523. The van der Waals surface area contributed by atoms with Gasteiger partial charge < -0.3 is 9.64 Å². The molecule has 0 aliphatic heterocycles. The van der Waals surface area contributed by atoms with Crippen LogP contribution in [-0.4, -0.2) is 30.9 Å². The van der Waals surface area contributed by atoms with Gasteiger partial charge in [0.15, 0.2) is 11.9 Å². The second kappa shape index (κ2) is 6.30. The second-order valence-corrected chi connectivity index (χ2v) is 4.34. The maximum Gasteiger partial charge on any atom is 0.197 e. The minimum Gasteiger partial charge on any atom is -0.483 e. The maximum atomic E-state index is 11.7. The fourth-order valence-electron chi connectivity index (χ4n) is 1.16. The molecule has 0 radical (unpaired) electrons. The summed E-state index contributed by atoms with van der Waals surface area (Å²) in [4.78, 5) is 13.5. The smallest absolute Gasteiger partial charge is 0.197 e. The lowest BCUT2D eigenvalue weighted by Gasteiger charge is -2.12. The highest BCUT2D eigenvalue weighted by molar-refractivity contribution is 6.30. The van der Waals surface area contributed by atoms with Crippen LogP contribution in [0.2, 0.25) is 5.02 Å². The van der Waals surface area contributed by atoms with Crippen molar-refractivity contribution in [2.24, 2.45) is 0 Å². The lowest BCUT2D eigenvalue weighted by molar-refractivity contribution is -0.120. The highest BCUT2D eigenvalue weighted by Gasteiger charge is 2.11. The minimum absolute atomic E-state index is 0.0846. The molecule has 1 rings (SSSR count). The number of nitrogens with zero attached hydrogens (tertiary/aromatic N) is 1. The van der Waals surface area contributed by atoms with Crippen LogP contribution in [0.5, 0.6) is 5.75 Å². The Hall–Kier alpha value is -1.48. The Bertz CT molecular complexity index is 416. The molecule has 0 spiro atoms. The first-order valence-electron chi connectivity index (χ1n) is 5.29. The Morgan fingerprint density at radius 2 is 2.18 bits per heavy atom. The number of carbonyl (C=O) groups excluding carboxylic acids is 1. The van der Waals surface area contributed by atoms with Crippen molar-refractivity contribution >= 4 is 17.4 Å². The van der Waals surface area contributed by atoms with Crippen molar-refractivity contribution < 1.29 is 9.53 Å². The molecule has 0 N–H and O–H groups in total. The van der Waals surface area contributed by atoms with Crippen LogP contribution in [0.25, 0.3) is 0 Å². The van der Waals surface area contributed by atoms with Gasteiger partial charge in [0.05, 0.1) is 0 Å². The van der Waals surface area contributed by atoms with E-state index in [1.165, 1.54) is 6.08 Å². The van der Waals surface area contributed by atoms with E-state index in [9.17, 15) is 4.79 Å². The summed E-state index contributed by atoms with van der Waals surface area (Å²) in [6.07, 6.45) is 2.67. The predicted molar refractivity (Wildman–Crippen MR) is 69.4 cm³/mol. The molecular formula is C13H16ClNO2. The van der Waals surface area contributed by atoms with Crippen molar-refractivity contribution in [3.63, 3.8) is 0 Å². The van der Waals surface area contributed by atoms with Crippen molar-refractivity contribution in [2.75, 3.05) is 14.1 Å². The zero-order chi connectivity index (χ0) is 12.8. The zero-order valence-corrected chi connectivity index (χ0v) is 10.9. The van der Waals surface area contributed by atoms with Crippen LogP contribution in [0, 0.1) is 0 Å². The van der Waals surface area contributed by atoms with Crippen molar-refractivity contribution in [1.29, 1.82) is 0 Å². The van der Waals surface area contributed by atoms with Gasteiger partial charge in [0.2, 0.25) is 0 Å². The van der Waals surface area contributed by atoms with E-state index in [1.54, 1.807) is 42.3 Å². The molecule has 1 aromatic rings. The molecule has 92 valence electrons. The third-order valence-electron chi connectivity index (χ3n) is 2.05. The molecule has 17 heavy (non-hydrogen) atoms. The summed E-state index contributed by atoms with van der Waals surface area (Å²) in [5.41, 5.74) is 0. The molecule has 0 saturated carbocycles. The molecule has 0 aliphatic carbocycles. The maximum absolute atomic E-state index is 11.7. The van der Waals surface area contributed by atoms with Crippen molar-refractivity contribution in [2.45, 2.75) is 13.0 Å². The van der Waals surface area contributed by atoms with Gasteiger partial charge in [-0.2, -0.15) is 0 Å². The first kappa shape index (κ1) is 13.6. The largest absolute Gasteiger partial charge is 0.483 e. The highest BCUT2D eigenvalue weighted by atomic mass is 35.5. The van der Waals surface area contributed by atoms with Gasteiger partial charge in [0.25, 0.3) is 0 Å². The third-order valence-corrected chi connectivity index (χ3v) is 2.28. The van der Waals surface area contributed by atoms with E-state index in [4.69, 9.17) is 16.3 Å². The van der Waals surface area contributed by atoms with E-state index in [0.29, 0.717) is 10.8 Å². The van der Waals surface area contributed by atoms with E-state index in [0.717, 1.165) is 0 Å². The molecule has 0 fully saturated rings. The van der Waals surface area contributed by atoms with Gasteiger partial charge in [-0.1, -0.05) is 17.7 Å². The van der Waals surface area contributed by atoms with E-state index in [-0.39, 0.29) is 5.78 Å². The SMILES string of the molecule is CC(Oc1cccc(Cl)c1)C(=O)C=CN(C)C. The van der Waals surface area contributed by atoms with Crippen LogP contribution in [0.3, 0.4) is 0 Å². The normalized spacial score (nSPS) is 12.5. The summed E-state index contributed by atoms with van der Waals surface area (Å²) in [7, 11) is 3.71. The monoisotopic (exact) mass is 253 g/mol. The molecule has 0 saturated heterocycles. The summed E-state index contributed by atoms with van der Waals surface area (Å²) >= 11 is 5.83. The van der Waals surface area contributed by atoms with Crippen LogP contribution in [-0.2, 0) is 4.79 Å². The van der Waals surface area contributed by atoms with Gasteiger partial charge in [-0.15, -0.1) is 0 Å². The lowest BCUT2D eigenvalue weighted by atomic mass is 10.2. The number of halogens is 1. The molecular weight excluding hydrogens is 238 g/mol. The Balaban J connectivity index is 2.60. The Labute approximate surface area is 107 Å². The molecule has 4 heteroatoms. The first-order valence-corrected chi connectivity index (χ1v) is 5.67. The van der Waals surface area contributed by atoms with Gasteiger partial charge in [-0.3, -0.25) is 4.79 Å². The first-order chi connectivity index (χ1) is 7.99. The zero-order valence-electron chi connectivity index (χ0n) is 10.2. The summed E-state index contributed by atoms with van der Waals surface area (Å²) < 4.78 is 5.49. The van der Waals surface area contributed by atoms with Gasteiger partial charge in [0, 0.05) is 31.4 Å². The van der Waals surface area contributed by atoms with Gasteiger partial charge in [-0.25, -0.2) is 0 Å². The Morgan fingerprint density at radius 3 is 2.76 bits per heavy atom. The van der Waals surface area contributed by atoms with E-state index < -0.39 is 6.10 Å². The molecule has 0 aromatic heterocycles. The number of rotatable bonds is 5. The molecule has 1 unspecified atom stereocenters. The summed E-state index contributed by atoms with van der Waals surface area (Å²) in [6, 6.07) is 6.99. The van der Waals surface area contributed by atoms with Crippen LogP contribution in [0.1, 0.15) is 6.92 Å². The average molecular weight is 254 g/mol. The highest BCUT2D eigenvalue weighted by Crippen LogP contribution is 2.18. The fourth-order valence-corrected chi connectivity index (χ4v) is 1.34. The van der Waals surface area contributed by atoms with Gasteiger partial charge in [0.1, 0.15) is 5.75 Å². The number of carbonyl (C=O) groups is 1. The Morgan fingerprint density at radius 1 is 1.47 bits per heavy atom. The molecule has 0 amide bonds. The fraction of sp³-hybridized carbons (Fsp3) is 0.308. The van der Waals surface area contributed by atoms with E-state index in [1.807, 2.05) is 14.1 Å². The van der Waals surface area contributed by atoms with Crippen LogP contribution in [0.4, 0.5) is 0 Å². The lowest BCUT2D eigenvalue weighted by Crippen LogP contribution is -2.22. The van der Waals surface area contributed by atoms with Gasteiger partial charge >= 0.3 is 0 Å². The molecule has 3 nitrogen and oxygen atoms in total. The van der Waals surface area contributed by atoms with Crippen molar-refractivity contribution in [3.8, 4) is 5.75 Å². The average Bonchev–Trinajstić information content (AvgIpc) is 2.25. The third kappa shape index (κ3) is 4.91. The molecule has 0 heterocycles. The van der Waals surface area contributed by atoms with Gasteiger partial charge in [-0.05, 0) is 25.1 Å². The van der Waals surface area contributed by atoms with E-state index >= 15 is 0 Å². The second-order valence-electron chi connectivity index (χ2n) is 3.90. The molecule has 0 aliphatic rings. The van der Waals surface area contributed by atoms with Crippen molar-refractivity contribution in [1.82, 2.24) is 4.90 Å². The van der Waals surface area contributed by atoms with Crippen LogP contribution < -0.4 is 4.74 Å². The number of hydrogen-bond donors (Lipinski definition) is 0. The number of ketones is 1. The topological polar surface area (TPSA) is 29.5 Å². The number of benzene rings is 1. The molecule has 1 atom stereocenters. The summed E-state index contributed by atoms with van der Waals surface area (Å²) in [5, 5.41) is 0.589. The van der Waals surface area contributed by atoms with Crippen molar-refractivity contribution in [3.05, 3.63) is 41.6 Å². The Kier molecular flexibility index (Phi) is 5.04. The van der Waals surface area contributed by atoms with Crippen LogP contribution >= 0.6 is 11.6 Å². The molecule has 1 aromatic carbocycles. The molecule has 0 bridgehead atoms. The van der Waals surface area contributed by atoms with E-state index in [2.05, 4.69) is 0 Å². The summed E-state index contributed by atoms with van der Waals surface area (Å²) in [6.45, 7) is 1.71. The number of ether oxygens (including phenoxy) is 1. The standard InChI is InChI=1S/C13H16ClNO2/c1-10(13(16)7-8-15(2)3)17-12-6-4-5-11(14)9-12/h4-10H,1-3H3. The predicted octanol–water partition coefficient (Wildman–Crippen LogP) is 2.75. The number of hydrogen-bond acceptors (Lipinski definition) is 3. The summed E-state index contributed by atoms with van der Waals surface area (Å²) in [5.74, 6) is 0.510.